The molecule has 3 rings (SSSR count). The van der Waals surface area contributed by atoms with E-state index in [9.17, 15) is 18.0 Å². The molecular weight excluding hydrogens is 289 g/mol. The average molecular weight is 300 g/mol. The Morgan fingerprint density at radius 1 is 1.52 bits per heavy atom. The fourth-order valence-electron chi connectivity index (χ4n) is 2.42. The zero-order valence-corrected chi connectivity index (χ0v) is 10.6. The molecule has 0 fully saturated rings. The Balaban J connectivity index is 2.07. The molecule has 9 heteroatoms. The first-order valence-electron chi connectivity index (χ1n) is 6.12. The van der Waals surface area contributed by atoms with Gasteiger partial charge >= 0.3 is 6.18 Å². The molecule has 1 aliphatic rings. The van der Waals surface area contributed by atoms with Gasteiger partial charge in [-0.05, 0) is 12.1 Å². The van der Waals surface area contributed by atoms with E-state index in [0.29, 0.717) is 5.76 Å². The highest BCUT2D eigenvalue weighted by Crippen LogP contribution is 2.44. The summed E-state index contributed by atoms with van der Waals surface area (Å²) in [6.45, 7) is 0. The van der Waals surface area contributed by atoms with Crippen LogP contribution in [0.4, 0.5) is 19.0 Å². The molecule has 2 atom stereocenters. The smallest absolute Gasteiger partial charge is 0.410 e. The average Bonchev–Trinajstić information content (AvgIpc) is 3.05. The van der Waals surface area contributed by atoms with Gasteiger partial charge in [-0.25, -0.2) is 4.68 Å². The lowest BCUT2D eigenvalue weighted by Gasteiger charge is -2.32. The van der Waals surface area contributed by atoms with E-state index < -0.39 is 24.2 Å². The number of amides is 1. The van der Waals surface area contributed by atoms with Crippen LogP contribution in [0.15, 0.2) is 29.0 Å². The molecule has 112 valence electrons. The van der Waals surface area contributed by atoms with Crippen molar-refractivity contribution in [1.82, 2.24) is 9.78 Å². The Hall–Kier alpha value is -2.45. The van der Waals surface area contributed by atoms with Gasteiger partial charge in [0.15, 0.2) is 6.04 Å². The summed E-state index contributed by atoms with van der Waals surface area (Å²) >= 11 is 0. The van der Waals surface area contributed by atoms with E-state index in [2.05, 4.69) is 10.4 Å². The largest absolute Gasteiger partial charge is 0.467 e. The molecule has 0 spiro atoms. The predicted molar refractivity (Wildman–Crippen MR) is 65.5 cm³/mol. The van der Waals surface area contributed by atoms with Crippen LogP contribution in [0.3, 0.4) is 0 Å². The highest BCUT2D eigenvalue weighted by molar-refractivity contribution is 5.97. The Morgan fingerprint density at radius 3 is 2.86 bits per heavy atom. The van der Waals surface area contributed by atoms with Gasteiger partial charge in [-0.1, -0.05) is 0 Å². The Bertz CT molecular complexity index is 663. The van der Waals surface area contributed by atoms with Crippen LogP contribution in [-0.4, -0.2) is 21.9 Å². The number of halogens is 3. The van der Waals surface area contributed by atoms with Gasteiger partial charge in [0.2, 0.25) is 0 Å². The third kappa shape index (κ3) is 2.24. The van der Waals surface area contributed by atoms with E-state index in [1.54, 1.807) is 12.1 Å². The van der Waals surface area contributed by atoms with Crippen molar-refractivity contribution in [3.8, 4) is 0 Å². The number of anilines is 1. The molecule has 3 heterocycles. The Labute approximate surface area is 116 Å². The van der Waals surface area contributed by atoms with Gasteiger partial charge in [-0.3, -0.25) is 4.79 Å². The van der Waals surface area contributed by atoms with Gasteiger partial charge < -0.3 is 15.5 Å². The molecule has 0 aromatic carbocycles. The summed E-state index contributed by atoms with van der Waals surface area (Å²) in [6, 6.07) is 0.590. The summed E-state index contributed by atoms with van der Waals surface area (Å²) in [5.41, 5.74) is 5.08. The molecule has 6 nitrogen and oxygen atoms in total. The van der Waals surface area contributed by atoms with Crippen LogP contribution in [0.5, 0.6) is 0 Å². The molecule has 2 aromatic heterocycles. The van der Waals surface area contributed by atoms with E-state index in [4.69, 9.17) is 10.2 Å². The van der Waals surface area contributed by atoms with Gasteiger partial charge in [0, 0.05) is 6.42 Å². The number of aromatic nitrogens is 2. The molecule has 1 amide bonds. The highest BCUT2D eigenvalue weighted by atomic mass is 19.4. The molecule has 0 radical (unpaired) electrons. The maximum atomic E-state index is 13.2. The number of fused-ring (bicyclic) bond motifs is 1. The third-order valence-corrected chi connectivity index (χ3v) is 3.39. The SMILES string of the molecule is NC(=O)c1cnn2c1N[C@H](c1ccco1)C[C@H]2C(F)(F)F. The summed E-state index contributed by atoms with van der Waals surface area (Å²) in [5.74, 6) is -0.533. The molecule has 0 saturated heterocycles. The number of carbonyl (C=O) groups is 1. The van der Waals surface area contributed by atoms with Crippen molar-refractivity contribution in [2.24, 2.45) is 5.73 Å². The van der Waals surface area contributed by atoms with Crippen LogP contribution < -0.4 is 11.1 Å². The zero-order valence-electron chi connectivity index (χ0n) is 10.6. The van der Waals surface area contributed by atoms with Crippen molar-refractivity contribution >= 4 is 11.7 Å². The summed E-state index contributed by atoms with van der Waals surface area (Å²) in [6.07, 6.45) is -2.37. The lowest BCUT2D eigenvalue weighted by molar-refractivity contribution is -0.174. The topological polar surface area (TPSA) is 86.1 Å². The number of rotatable bonds is 2. The Kier molecular flexibility index (Phi) is 2.92. The minimum atomic E-state index is -4.50. The number of hydrogen-bond acceptors (Lipinski definition) is 4. The van der Waals surface area contributed by atoms with Crippen molar-refractivity contribution in [2.45, 2.75) is 24.7 Å². The maximum absolute atomic E-state index is 13.2. The van der Waals surface area contributed by atoms with Crippen molar-refractivity contribution in [3.05, 3.63) is 35.9 Å². The maximum Gasteiger partial charge on any atom is 0.410 e. The second-order valence-electron chi connectivity index (χ2n) is 4.72. The molecule has 0 saturated carbocycles. The van der Waals surface area contributed by atoms with Crippen LogP contribution in [0.2, 0.25) is 0 Å². The summed E-state index contributed by atoms with van der Waals surface area (Å²) < 4.78 is 45.5. The quantitative estimate of drug-likeness (QED) is 0.890. The second kappa shape index (κ2) is 4.54. The van der Waals surface area contributed by atoms with Crippen LogP contribution in [0, 0.1) is 0 Å². The standard InChI is InChI=1S/C12H11F3N4O2/c13-12(14,15)9-4-7(8-2-1-3-21-8)18-11-6(10(16)20)5-17-19(9)11/h1-3,5,7,9,18H,4H2,(H2,16,20)/t7-,9-/m0/s1. The molecule has 1 aliphatic heterocycles. The number of carbonyl (C=O) groups excluding carboxylic acids is 1. The molecular formula is C12H11F3N4O2. The molecule has 21 heavy (non-hydrogen) atoms. The first kappa shape index (κ1) is 13.5. The minimum absolute atomic E-state index is 0.0440. The van der Waals surface area contributed by atoms with E-state index in [0.717, 1.165) is 10.9 Å². The summed E-state index contributed by atoms with van der Waals surface area (Å²) in [4.78, 5) is 11.3. The number of alkyl halides is 3. The second-order valence-corrected chi connectivity index (χ2v) is 4.72. The lowest BCUT2D eigenvalue weighted by atomic mass is 10.0. The normalized spacial score (nSPS) is 21.7. The van der Waals surface area contributed by atoms with E-state index in [1.807, 2.05) is 0 Å². The zero-order chi connectivity index (χ0) is 15.2. The van der Waals surface area contributed by atoms with Crippen molar-refractivity contribution in [2.75, 3.05) is 5.32 Å². The third-order valence-electron chi connectivity index (χ3n) is 3.39. The first-order chi connectivity index (χ1) is 9.88. The molecule has 0 unspecified atom stereocenters. The molecule has 2 aromatic rings. The van der Waals surface area contributed by atoms with E-state index >= 15 is 0 Å². The molecule has 0 aliphatic carbocycles. The number of furan rings is 1. The van der Waals surface area contributed by atoms with Gasteiger partial charge in [0.05, 0.1) is 18.5 Å². The van der Waals surface area contributed by atoms with Crippen LogP contribution in [-0.2, 0) is 0 Å². The van der Waals surface area contributed by atoms with Crippen LogP contribution in [0.1, 0.15) is 34.6 Å². The summed E-state index contributed by atoms with van der Waals surface area (Å²) in [5, 5.41) is 6.48. The van der Waals surface area contributed by atoms with E-state index in [-0.39, 0.29) is 17.8 Å². The summed E-state index contributed by atoms with van der Waals surface area (Å²) in [7, 11) is 0. The van der Waals surface area contributed by atoms with Crippen LogP contribution in [0.25, 0.3) is 0 Å². The Morgan fingerprint density at radius 2 is 2.29 bits per heavy atom. The molecule has 0 bridgehead atoms. The lowest BCUT2D eigenvalue weighted by Crippen LogP contribution is -2.36. The number of hydrogen-bond donors (Lipinski definition) is 2. The van der Waals surface area contributed by atoms with Gasteiger partial charge in [-0.15, -0.1) is 0 Å². The van der Waals surface area contributed by atoms with Gasteiger partial charge in [-0.2, -0.15) is 18.3 Å². The molecule has 3 N–H and O–H groups in total. The van der Waals surface area contributed by atoms with E-state index in [1.165, 1.54) is 6.26 Å². The van der Waals surface area contributed by atoms with Gasteiger partial charge in [0.25, 0.3) is 5.91 Å². The fraction of sp³-hybridized carbons (Fsp3) is 0.333. The fourth-order valence-corrected chi connectivity index (χ4v) is 2.42. The number of nitrogens with one attached hydrogen (secondary N) is 1. The van der Waals surface area contributed by atoms with Gasteiger partial charge in [0.1, 0.15) is 17.1 Å². The highest BCUT2D eigenvalue weighted by Gasteiger charge is 2.47. The van der Waals surface area contributed by atoms with Crippen molar-refractivity contribution in [3.63, 3.8) is 0 Å². The number of nitrogens with zero attached hydrogens (tertiary/aromatic N) is 2. The van der Waals surface area contributed by atoms with Crippen molar-refractivity contribution in [1.29, 1.82) is 0 Å². The predicted octanol–water partition coefficient (Wildman–Crippen LogP) is 2.24. The number of nitrogens with two attached hydrogens (primary N) is 1. The number of primary amides is 1. The van der Waals surface area contributed by atoms with Crippen molar-refractivity contribution < 1.29 is 22.4 Å². The monoisotopic (exact) mass is 300 g/mol. The first-order valence-corrected chi connectivity index (χ1v) is 6.12. The van der Waals surface area contributed by atoms with Crippen LogP contribution >= 0.6 is 0 Å². The minimum Gasteiger partial charge on any atom is -0.467 e.